The molecule has 13 heteroatoms. The first kappa shape index (κ1) is 25.1. The minimum absolute atomic E-state index is 0.192. The number of benzene rings is 2. The van der Waals surface area contributed by atoms with Crippen molar-refractivity contribution in [2.24, 2.45) is 0 Å². The number of hydrogen-bond donors (Lipinski definition) is 1. The largest absolute Gasteiger partial charge is 0.454 e. The maximum atomic E-state index is 12.6. The maximum Gasteiger partial charge on any atom is 0.326 e. The number of esters is 1. The Morgan fingerprint density at radius 2 is 1.50 bits per heavy atom. The Morgan fingerprint density at radius 3 is 2.03 bits per heavy atom. The SMILES string of the molecule is Cc1cc(Br)c(Cl)cc1NC(=O)COC(=O)CN1C(=O)c2c(Cl)c(Cl)c(Cl)c(Cl)c2C1=O. The number of aryl methyl sites for hydroxylation is 1. The van der Waals surface area contributed by atoms with Gasteiger partial charge in [-0.15, -0.1) is 0 Å². The van der Waals surface area contributed by atoms with Gasteiger partial charge in [-0.05, 0) is 40.5 Å². The molecule has 0 spiro atoms. The van der Waals surface area contributed by atoms with Crippen LogP contribution in [0.3, 0.4) is 0 Å². The van der Waals surface area contributed by atoms with E-state index in [4.69, 9.17) is 62.7 Å². The Balaban J connectivity index is 1.66. The number of imide groups is 1. The zero-order chi connectivity index (χ0) is 23.9. The fraction of sp³-hybridized carbons (Fsp3) is 0.158. The van der Waals surface area contributed by atoms with Crippen LogP contribution in [0.25, 0.3) is 0 Å². The smallest absolute Gasteiger partial charge is 0.326 e. The Kier molecular flexibility index (Phi) is 7.64. The number of hydrogen-bond acceptors (Lipinski definition) is 5. The zero-order valence-electron chi connectivity index (χ0n) is 15.8. The number of ether oxygens (including phenoxy) is 1. The van der Waals surface area contributed by atoms with E-state index in [2.05, 4.69) is 21.2 Å². The normalized spacial score (nSPS) is 12.8. The number of fused-ring (bicyclic) bond motifs is 1. The molecule has 0 unspecified atom stereocenters. The highest BCUT2D eigenvalue weighted by atomic mass is 79.9. The average molecular weight is 603 g/mol. The quantitative estimate of drug-likeness (QED) is 0.202. The number of nitrogens with zero attached hydrogens (tertiary/aromatic N) is 1. The van der Waals surface area contributed by atoms with Crippen molar-refractivity contribution < 1.29 is 23.9 Å². The lowest BCUT2D eigenvalue weighted by Gasteiger charge is -2.14. The minimum Gasteiger partial charge on any atom is -0.454 e. The van der Waals surface area contributed by atoms with E-state index in [1.54, 1.807) is 13.0 Å². The van der Waals surface area contributed by atoms with Crippen LogP contribution in [0.2, 0.25) is 25.1 Å². The van der Waals surface area contributed by atoms with Gasteiger partial charge in [-0.3, -0.25) is 24.1 Å². The van der Waals surface area contributed by atoms with Crippen molar-refractivity contribution in [2.45, 2.75) is 6.92 Å². The highest BCUT2D eigenvalue weighted by molar-refractivity contribution is 9.10. The molecule has 0 aliphatic carbocycles. The number of carbonyl (C=O) groups excluding carboxylic acids is 4. The van der Waals surface area contributed by atoms with E-state index in [0.29, 0.717) is 20.1 Å². The van der Waals surface area contributed by atoms with Crippen molar-refractivity contribution in [2.75, 3.05) is 18.5 Å². The molecule has 7 nitrogen and oxygen atoms in total. The molecule has 3 amide bonds. The van der Waals surface area contributed by atoms with Gasteiger partial charge < -0.3 is 10.1 Å². The van der Waals surface area contributed by atoms with Crippen LogP contribution < -0.4 is 5.32 Å². The molecule has 0 radical (unpaired) electrons. The van der Waals surface area contributed by atoms with Gasteiger partial charge >= 0.3 is 5.97 Å². The molecule has 168 valence electrons. The van der Waals surface area contributed by atoms with Gasteiger partial charge in [-0.2, -0.15) is 0 Å². The van der Waals surface area contributed by atoms with Crippen molar-refractivity contribution in [3.05, 3.63) is 58.4 Å². The number of amides is 3. The molecule has 1 heterocycles. The van der Waals surface area contributed by atoms with Crippen molar-refractivity contribution in [1.82, 2.24) is 4.90 Å². The highest BCUT2D eigenvalue weighted by Crippen LogP contribution is 2.44. The third-order valence-electron chi connectivity index (χ3n) is 4.38. The molecule has 0 atom stereocenters. The molecule has 2 aromatic carbocycles. The first-order chi connectivity index (χ1) is 14.9. The first-order valence-corrected chi connectivity index (χ1v) is 11.3. The van der Waals surface area contributed by atoms with Gasteiger partial charge in [-0.25, -0.2) is 0 Å². The number of rotatable bonds is 5. The summed E-state index contributed by atoms with van der Waals surface area (Å²) in [7, 11) is 0. The summed E-state index contributed by atoms with van der Waals surface area (Å²) in [5, 5.41) is 2.04. The van der Waals surface area contributed by atoms with Crippen LogP contribution in [0, 0.1) is 6.92 Å². The predicted molar refractivity (Wildman–Crippen MR) is 125 cm³/mol. The fourth-order valence-electron chi connectivity index (χ4n) is 2.83. The third kappa shape index (κ3) is 4.71. The van der Waals surface area contributed by atoms with E-state index in [0.717, 1.165) is 5.56 Å². The van der Waals surface area contributed by atoms with Crippen molar-refractivity contribution in [1.29, 1.82) is 0 Å². The predicted octanol–water partition coefficient (Wildman–Crippen LogP) is 5.80. The van der Waals surface area contributed by atoms with Gasteiger partial charge in [0.1, 0.15) is 6.54 Å². The summed E-state index contributed by atoms with van der Waals surface area (Å²) >= 11 is 33.2. The van der Waals surface area contributed by atoms with Crippen LogP contribution in [0.4, 0.5) is 5.69 Å². The van der Waals surface area contributed by atoms with Crippen LogP contribution >= 0.6 is 73.9 Å². The summed E-state index contributed by atoms with van der Waals surface area (Å²) in [5.41, 5.74) is 0.629. The molecule has 3 rings (SSSR count). The van der Waals surface area contributed by atoms with E-state index in [-0.39, 0.29) is 31.2 Å². The van der Waals surface area contributed by atoms with Gasteiger partial charge in [0.2, 0.25) is 0 Å². The Hall–Kier alpha value is -1.55. The summed E-state index contributed by atoms with van der Waals surface area (Å²) in [6.45, 7) is 0.318. The monoisotopic (exact) mass is 600 g/mol. The number of carbonyl (C=O) groups is 4. The molecule has 0 bridgehead atoms. The second kappa shape index (κ2) is 9.75. The topological polar surface area (TPSA) is 92.8 Å². The second-order valence-corrected chi connectivity index (χ2v) is 9.27. The molecule has 0 fully saturated rings. The Labute approximate surface area is 214 Å². The van der Waals surface area contributed by atoms with Gasteiger partial charge in [0.25, 0.3) is 17.7 Å². The molecular weight excluding hydrogens is 593 g/mol. The molecule has 2 aromatic rings. The molecule has 1 aliphatic heterocycles. The van der Waals surface area contributed by atoms with Crippen LogP contribution in [0.5, 0.6) is 0 Å². The van der Waals surface area contributed by atoms with Crippen molar-refractivity contribution in [3.63, 3.8) is 0 Å². The first-order valence-electron chi connectivity index (χ1n) is 8.57. The van der Waals surface area contributed by atoms with E-state index < -0.39 is 36.8 Å². The third-order valence-corrected chi connectivity index (χ3v) is 7.38. The second-order valence-electron chi connectivity index (χ2n) is 6.49. The summed E-state index contributed by atoms with van der Waals surface area (Å²) in [4.78, 5) is 50.1. The zero-order valence-corrected chi connectivity index (χ0v) is 21.2. The lowest BCUT2D eigenvalue weighted by molar-refractivity contribution is -0.147. The van der Waals surface area contributed by atoms with Gasteiger partial charge in [0, 0.05) is 10.2 Å². The summed E-state index contributed by atoms with van der Waals surface area (Å²) in [5.74, 6) is -3.44. The summed E-state index contributed by atoms with van der Waals surface area (Å²) in [6.07, 6.45) is 0. The molecule has 1 aliphatic rings. The Bertz CT molecular complexity index is 1160. The average Bonchev–Trinajstić information content (AvgIpc) is 2.98. The van der Waals surface area contributed by atoms with Crippen molar-refractivity contribution in [3.8, 4) is 0 Å². The minimum atomic E-state index is -1.01. The van der Waals surface area contributed by atoms with Gasteiger partial charge in [-0.1, -0.05) is 58.0 Å². The standard InChI is InChI=1S/C19H10BrCl5N2O5/c1-6-2-7(20)8(21)3-9(6)26-10(28)5-32-11(29)4-27-18(30)12-13(19(27)31)15(23)17(25)16(24)14(12)22/h2-3H,4-5H2,1H3,(H,26,28). The molecule has 32 heavy (non-hydrogen) atoms. The van der Waals surface area contributed by atoms with Crippen LogP contribution in [-0.2, 0) is 14.3 Å². The lowest BCUT2D eigenvalue weighted by Crippen LogP contribution is -2.36. The Morgan fingerprint density at radius 1 is 0.969 bits per heavy atom. The molecule has 1 N–H and O–H groups in total. The molecule has 0 aromatic heterocycles. The lowest BCUT2D eigenvalue weighted by atomic mass is 10.1. The van der Waals surface area contributed by atoms with E-state index >= 15 is 0 Å². The maximum absolute atomic E-state index is 12.6. The number of halogens is 6. The van der Waals surface area contributed by atoms with Crippen LogP contribution in [0.15, 0.2) is 16.6 Å². The fourth-order valence-corrected chi connectivity index (χ4v) is 4.46. The van der Waals surface area contributed by atoms with E-state index in [9.17, 15) is 19.2 Å². The van der Waals surface area contributed by atoms with E-state index in [1.807, 2.05) is 0 Å². The summed E-state index contributed by atoms with van der Waals surface area (Å²) in [6, 6.07) is 3.24. The van der Waals surface area contributed by atoms with Gasteiger partial charge in [0.05, 0.1) is 36.2 Å². The summed E-state index contributed by atoms with van der Waals surface area (Å²) < 4.78 is 5.54. The van der Waals surface area contributed by atoms with Crippen LogP contribution in [-0.4, -0.2) is 41.7 Å². The molecule has 0 saturated heterocycles. The molecule has 0 saturated carbocycles. The highest BCUT2D eigenvalue weighted by Gasteiger charge is 2.42. The van der Waals surface area contributed by atoms with Crippen molar-refractivity contribution >= 4 is 103 Å². The van der Waals surface area contributed by atoms with Gasteiger partial charge in [0.15, 0.2) is 6.61 Å². The number of anilines is 1. The number of nitrogens with one attached hydrogen (secondary N) is 1. The van der Waals surface area contributed by atoms with Crippen LogP contribution in [0.1, 0.15) is 26.3 Å². The molecular formula is C19H10BrCl5N2O5. The van der Waals surface area contributed by atoms with E-state index in [1.165, 1.54) is 6.07 Å².